The van der Waals surface area contributed by atoms with Crippen LogP contribution in [0.4, 0.5) is 0 Å². The van der Waals surface area contributed by atoms with Crippen molar-refractivity contribution in [3.63, 3.8) is 0 Å². The zero-order valence-electron chi connectivity index (χ0n) is 15.9. The highest BCUT2D eigenvalue weighted by Gasteiger charge is 2.44. The predicted molar refractivity (Wildman–Crippen MR) is 105 cm³/mol. The van der Waals surface area contributed by atoms with Crippen molar-refractivity contribution in [3.05, 3.63) is 48.7 Å². The van der Waals surface area contributed by atoms with Gasteiger partial charge in [-0.15, -0.1) is 6.58 Å². The number of ether oxygens (including phenoxy) is 2. The van der Waals surface area contributed by atoms with Crippen LogP contribution in [0.15, 0.2) is 43.1 Å². The first-order valence-corrected chi connectivity index (χ1v) is 9.57. The van der Waals surface area contributed by atoms with Crippen molar-refractivity contribution in [1.82, 2.24) is 9.88 Å². The number of esters is 1. The summed E-state index contributed by atoms with van der Waals surface area (Å²) in [5, 5.41) is 0.978. The summed E-state index contributed by atoms with van der Waals surface area (Å²) in [4.78, 5) is 18.9. The van der Waals surface area contributed by atoms with Gasteiger partial charge in [0.15, 0.2) is 0 Å². The van der Waals surface area contributed by atoms with Gasteiger partial charge in [0, 0.05) is 30.6 Å². The Morgan fingerprint density at radius 2 is 2.26 bits per heavy atom. The monoisotopic (exact) mass is 366 g/mol. The summed E-state index contributed by atoms with van der Waals surface area (Å²) in [5.74, 6) is 1.66. The second kappa shape index (κ2) is 7.31. The highest BCUT2D eigenvalue weighted by atomic mass is 16.5. The van der Waals surface area contributed by atoms with Gasteiger partial charge in [-0.3, -0.25) is 14.7 Å². The van der Waals surface area contributed by atoms with Crippen molar-refractivity contribution in [2.24, 2.45) is 11.8 Å². The van der Waals surface area contributed by atoms with Gasteiger partial charge in [-0.1, -0.05) is 6.08 Å². The van der Waals surface area contributed by atoms with Gasteiger partial charge in [0.05, 0.1) is 18.7 Å². The third kappa shape index (κ3) is 3.32. The summed E-state index contributed by atoms with van der Waals surface area (Å²) in [6.07, 6.45) is 5.77. The molecule has 3 aliphatic heterocycles. The molecule has 3 aliphatic rings. The molecule has 5 atom stereocenters. The molecule has 0 N–H and O–H groups in total. The number of pyridine rings is 1. The number of rotatable bonds is 5. The molecule has 5 heteroatoms. The molecule has 5 rings (SSSR count). The van der Waals surface area contributed by atoms with E-state index in [9.17, 15) is 4.79 Å². The van der Waals surface area contributed by atoms with Gasteiger partial charge in [0.25, 0.3) is 0 Å². The zero-order chi connectivity index (χ0) is 19.0. The lowest BCUT2D eigenvalue weighted by Crippen LogP contribution is -2.55. The molecule has 2 bridgehead atoms. The lowest BCUT2D eigenvalue weighted by Gasteiger charge is -2.51. The number of hydrogen-bond acceptors (Lipinski definition) is 5. The van der Waals surface area contributed by atoms with Crippen LogP contribution in [0, 0.1) is 11.8 Å². The number of methoxy groups -OCH3 is 1. The first-order valence-electron chi connectivity index (χ1n) is 9.57. The first kappa shape index (κ1) is 18.0. The van der Waals surface area contributed by atoms with E-state index in [1.807, 2.05) is 24.3 Å². The molecule has 2 aromatic rings. The van der Waals surface area contributed by atoms with Gasteiger partial charge in [-0.05, 0) is 55.5 Å². The molecule has 0 saturated carbocycles. The predicted octanol–water partition coefficient (Wildman–Crippen LogP) is 3.74. The maximum absolute atomic E-state index is 12.0. The third-order valence-electron chi connectivity index (χ3n) is 6.09. The van der Waals surface area contributed by atoms with Crippen LogP contribution in [0.2, 0.25) is 0 Å². The van der Waals surface area contributed by atoms with Crippen LogP contribution in [-0.2, 0) is 9.53 Å². The van der Waals surface area contributed by atoms with Gasteiger partial charge in [-0.2, -0.15) is 0 Å². The number of carbonyl (C=O) groups excluding carboxylic acids is 1. The van der Waals surface area contributed by atoms with Crippen LogP contribution in [-0.4, -0.2) is 42.1 Å². The van der Waals surface area contributed by atoms with Crippen molar-refractivity contribution in [2.45, 2.75) is 31.9 Å². The molecule has 4 heterocycles. The van der Waals surface area contributed by atoms with Crippen LogP contribution in [0.3, 0.4) is 0 Å². The molecule has 0 spiro atoms. The highest BCUT2D eigenvalue weighted by Crippen LogP contribution is 2.43. The maximum atomic E-state index is 12.0. The van der Waals surface area contributed by atoms with E-state index >= 15 is 0 Å². The highest BCUT2D eigenvalue weighted by molar-refractivity contribution is 5.84. The molecule has 1 aromatic carbocycles. The average Bonchev–Trinajstić information content (AvgIpc) is 2.71. The van der Waals surface area contributed by atoms with E-state index in [1.54, 1.807) is 13.3 Å². The lowest BCUT2D eigenvalue weighted by atomic mass is 9.73. The SMILES string of the molecule is C=CC1CN2CCC1C[C@@H]2[C@@H](OC(C)=O)c1ccnc2ccc(OC)cc12. The van der Waals surface area contributed by atoms with E-state index in [0.29, 0.717) is 11.8 Å². The summed E-state index contributed by atoms with van der Waals surface area (Å²) in [5.41, 5.74) is 1.88. The van der Waals surface area contributed by atoms with Crippen LogP contribution >= 0.6 is 0 Å². The van der Waals surface area contributed by atoms with Gasteiger partial charge in [0.1, 0.15) is 11.9 Å². The summed E-state index contributed by atoms with van der Waals surface area (Å²) in [6.45, 7) is 7.53. The molecule has 0 aliphatic carbocycles. The molecule has 27 heavy (non-hydrogen) atoms. The Labute approximate surface area is 160 Å². The standard InChI is InChI=1S/C22H26N2O3/c1-4-15-13-24-10-8-16(15)11-21(24)22(27-14(2)25)18-7-9-23-20-6-5-17(26-3)12-19(18)20/h4-7,9,12,15-16,21-22H,1,8,10-11,13H2,2-3H3/t15?,16?,21-,22+/m1/s1. The number of aromatic nitrogens is 1. The number of carbonyl (C=O) groups is 1. The Hall–Kier alpha value is -2.40. The van der Waals surface area contributed by atoms with Crippen molar-refractivity contribution in [1.29, 1.82) is 0 Å². The Kier molecular flexibility index (Phi) is 4.87. The van der Waals surface area contributed by atoms with E-state index in [1.165, 1.54) is 13.3 Å². The molecular formula is C22H26N2O3. The fourth-order valence-electron chi connectivity index (χ4n) is 4.74. The second-order valence-electron chi connectivity index (χ2n) is 7.56. The molecule has 3 fully saturated rings. The fraction of sp³-hybridized carbons (Fsp3) is 0.455. The molecule has 142 valence electrons. The minimum absolute atomic E-state index is 0.181. The van der Waals surface area contributed by atoms with Crippen LogP contribution < -0.4 is 4.74 Å². The number of fused-ring (bicyclic) bond motifs is 4. The van der Waals surface area contributed by atoms with Crippen LogP contribution in [0.25, 0.3) is 10.9 Å². The number of nitrogens with zero attached hydrogens (tertiary/aromatic N) is 2. The van der Waals surface area contributed by atoms with Gasteiger partial charge in [0.2, 0.25) is 0 Å². The largest absolute Gasteiger partial charge is 0.497 e. The van der Waals surface area contributed by atoms with E-state index < -0.39 is 0 Å². The second-order valence-corrected chi connectivity index (χ2v) is 7.56. The van der Waals surface area contributed by atoms with E-state index in [0.717, 1.165) is 41.7 Å². The van der Waals surface area contributed by atoms with Crippen molar-refractivity contribution < 1.29 is 14.3 Å². The molecule has 1 aromatic heterocycles. The van der Waals surface area contributed by atoms with Gasteiger partial charge >= 0.3 is 5.97 Å². The zero-order valence-corrected chi connectivity index (χ0v) is 15.9. The number of piperidine rings is 3. The fourth-order valence-corrected chi connectivity index (χ4v) is 4.74. The minimum atomic E-state index is -0.311. The summed E-state index contributed by atoms with van der Waals surface area (Å²) in [7, 11) is 1.65. The summed E-state index contributed by atoms with van der Waals surface area (Å²) in [6, 6.07) is 7.99. The van der Waals surface area contributed by atoms with Crippen molar-refractivity contribution in [2.75, 3.05) is 20.2 Å². The quantitative estimate of drug-likeness (QED) is 0.596. The molecular weight excluding hydrogens is 340 g/mol. The van der Waals surface area contributed by atoms with Gasteiger partial charge < -0.3 is 9.47 Å². The Morgan fingerprint density at radius 3 is 2.93 bits per heavy atom. The van der Waals surface area contributed by atoms with Crippen LogP contribution in [0.5, 0.6) is 5.75 Å². The average molecular weight is 366 g/mol. The lowest BCUT2D eigenvalue weighted by molar-refractivity contribution is -0.154. The number of benzene rings is 1. The minimum Gasteiger partial charge on any atom is -0.497 e. The van der Waals surface area contributed by atoms with E-state index in [4.69, 9.17) is 9.47 Å². The Balaban J connectivity index is 1.76. The molecule has 5 nitrogen and oxygen atoms in total. The third-order valence-corrected chi connectivity index (χ3v) is 6.09. The summed E-state index contributed by atoms with van der Waals surface area (Å²) >= 11 is 0. The number of hydrogen-bond donors (Lipinski definition) is 0. The molecule has 3 unspecified atom stereocenters. The van der Waals surface area contributed by atoms with Crippen LogP contribution in [0.1, 0.15) is 31.4 Å². The maximum Gasteiger partial charge on any atom is 0.303 e. The normalized spacial score (nSPS) is 27.9. The topological polar surface area (TPSA) is 51.7 Å². The van der Waals surface area contributed by atoms with Crippen molar-refractivity contribution >= 4 is 16.9 Å². The summed E-state index contributed by atoms with van der Waals surface area (Å²) < 4.78 is 11.3. The first-order chi connectivity index (χ1) is 13.1. The smallest absolute Gasteiger partial charge is 0.303 e. The van der Waals surface area contributed by atoms with E-state index in [-0.39, 0.29) is 18.1 Å². The molecule has 3 saturated heterocycles. The van der Waals surface area contributed by atoms with E-state index in [2.05, 4.69) is 22.5 Å². The van der Waals surface area contributed by atoms with Crippen molar-refractivity contribution in [3.8, 4) is 5.75 Å². The van der Waals surface area contributed by atoms with Gasteiger partial charge in [-0.25, -0.2) is 0 Å². The Morgan fingerprint density at radius 1 is 1.41 bits per heavy atom. The molecule has 0 amide bonds. The molecule has 0 radical (unpaired) electrons. The Bertz CT molecular complexity index is 866.